The van der Waals surface area contributed by atoms with Gasteiger partial charge in [0, 0.05) is 29.3 Å². The number of benzene rings is 1. The average molecular weight is 435 g/mol. The van der Waals surface area contributed by atoms with Gasteiger partial charge in [-0.15, -0.1) is 0 Å². The summed E-state index contributed by atoms with van der Waals surface area (Å²) in [7, 11) is -3.54. The Hall–Kier alpha value is -1.95. The third-order valence-electron chi connectivity index (χ3n) is 4.33. The molecule has 1 aliphatic rings. The van der Waals surface area contributed by atoms with Crippen molar-refractivity contribution in [1.29, 1.82) is 5.26 Å². The minimum atomic E-state index is -3.54. The molecule has 1 saturated heterocycles. The smallest absolute Gasteiger partial charge is 0.243 e. The van der Waals surface area contributed by atoms with E-state index in [1.54, 1.807) is 36.4 Å². The van der Waals surface area contributed by atoms with Crippen molar-refractivity contribution < 1.29 is 8.42 Å². The standard InChI is InChI=1S/C18H19BrN4O2S/c1-13-4-5-14(11-20)18(21-13)22-16-3-2-10-23(12-16)26(24,25)17-8-6-15(19)7-9-17/h4-9,16H,2-3,10,12H2,1H3,(H,21,22). The Balaban J connectivity index is 1.78. The van der Waals surface area contributed by atoms with E-state index in [9.17, 15) is 13.7 Å². The number of halogens is 1. The molecule has 2 heterocycles. The van der Waals surface area contributed by atoms with Gasteiger partial charge >= 0.3 is 0 Å². The van der Waals surface area contributed by atoms with Crippen LogP contribution in [0, 0.1) is 18.3 Å². The fourth-order valence-corrected chi connectivity index (χ4v) is 4.77. The number of sulfonamides is 1. The Labute approximate surface area is 162 Å². The van der Waals surface area contributed by atoms with Gasteiger partial charge in [0.2, 0.25) is 10.0 Å². The normalized spacial score (nSPS) is 18.3. The first-order valence-electron chi connectivity index (χ1n) is 8.30. The predicted octanol–water partition coefficient (Wildman–Crippen LogP) is 3.29. The summed E-state index contributed by atoms with van der Waals surface area (Å²) in [6.45, 7) is 2.69. The summed E-state index contributed by atoms with van der Waals surface area (Å²) in [5.41, 5.74) is 1.27. The zero-order valence-electron chi connectivity index (χ0n) is 14.3. The van der Waals surface area contributed by atoms with E-state index in [1.165, 1.54) is 4.31 Å². The minimum absolute atomic E-state index is 0.0876. The van der Waals surface area contributed by atoms with E-state index in [4.69, 9.17) is 0 Å². The van der Waals surface area contributed by atoms with Gasteiger partial charge in [-0.2, -0.15) is 9.57 Å². The Morgan fingerprint density at radius 1 is 1.27 bits per heavy atom. The van der Waals surface area contributed by atoms with Crippen LogP contribution in [0.4, 0.5) is 5.82 Å². The van der Waals surface area contributed by atoms with Crippen molar-refractivity contribution in [3.05, 3.63) is 52.1 Å². The first-order chi connectivity index (χ1) is 12.4. The minimum Gasteiger partial charge on any atom is -0.365 e. The number of nitrogens with zero attached hydrogens (tertiary/aromatic N) is 3. The largest absolute Gasteiger partial charge is 0.365 e. The van der Waals surface area contributed by atoms with E-state index < -0.39 is 10.0 Å². The van der Waals surface area contributed by atoms with Crippen LogP contribution in [0.2, 0.25) is 0 Å². The van der Waals surface area contributed by atoms with E-state index in [2.05, 4.69) is 32.3 Å². The molecule has 1 fully saturated rings. The second kappa shape index (κ2) is 7.74. The summed E-state index contributed by atoms with van der Waals surface area (Å²) in [6, 6.07) is 12.2. The molecular formula is C18H19BrN4O2S. The van der Waals surface area contributed by atoms with Crippen molar-refractivity contribution in [3.8, 4) is 6.07 Å². The third-order valence-corrected chi connectivity index (χ3v) is 6.74. The topological polar surface area (TPSA) is 86.1 Å². The van der Waals surface area contributed by atoms with Gasteiger partial charge in [0.1, 0.15) is 11.9 Å². The lowest BCUT2D eigenvalue weighted by atomic mass is 10.1. The van der Waals surface area contributed by atoms with Crippen molar-refractivity contribution in [2.24, 2.45) is 0 Å². The van der Waals surface area contributed by atoms with Crippen molar-refractivity contribution in [2.45, 2.75) is 30.7 Å². The summed E-state index contributed by atoms with van der Waals surface area (Å²) in [5.74, 6) is 0.514. The number of hydrogen-bond donors (Lipinski definition) is 1. The molecule has 0 radical (unpaired) electrons. The van der Waals surface area contributed by atoms with Gasteiger partial charge in [0.15, 0.2) is 0 Å². The predicted molar refractivity (Wildman–Crippen MR) is 103 cm³/mol. The molecule has 0 amide bonds. The van der Waals surface area contributed by atoms with Gasteiger partial charge in [-0.05, 0) is 56.2 Å². The van der Waals surface area contributed by atoms with E-state index in [1.807, 2.05) is 6.92 Å². The zero-order chi connectivity index (χ0) is 18.7. The van der Waals surface area contributed by atoms with E-state index in [0.29, 0.717) is 24.5 Å². The molecule has 1 atom stereocenters. The highest BCUT2D eigenvalue weighted by Gasteiger charge is 2.30. The molecule has 0 saturated carbocycles. The summed E-state index contributed by atoms with van der Waals surface area (Å²) in [4.78, 5) is 4.67. The third kappa shape index (κ3) is 4.06. The number of pyridine rings is 1. The van der Waals surface area contributed by atoms with Crippen molar-refractivity contribution in [3.63, 3.8) is 0 Å². The molecule has 0 spiro atoms. The molecule has 3 rings (SSSR count). The molecule has 1 unspecified atom stereocenters. The highest BCUT2D eigenvalue weighted by molar-refractivity contribution is 9.10. The Kier molecular flexibility index (Phi) is 5.61. The molecule has 1 N–H and O–H groups in total. The molecule has 0 aliphatic carbocycles. The molecule has 1 aromatic carbocycles. The lowest BCUT2D eigenvalue weighted by Gasteiger charge is -2.32. The van der Waals surface area contributed by atoms with Gasteiger partial charge in [-0.25, -0.2) is 13.4 Å². The van der Waals surface area contributed by atoms with Crippen molar-refractivity contribution in [1.82, 2.24) is 9.29 Å². The van der Waals surface area contributed by atoms with Gasteiger partial charge < -0.3 is 5.32 Å². The summed E-state index contributed by atoms with van der Waals surface area (Å²) >= 11 is 3.32. The Bertz CT molecular complexity index is 939. The van der Waals surface area contributed by atoms with E-state index >= 15 is 0 Å². The maximum atomic E-state index is 12.9. The number of piperidine rings is 1. The fraction of sp³-hybridized carbons (Fsp3) is 0.333. The van der Waals surface area contributed by atoms with E-state index in [-0.39, 0.29) is 10.9 Å². The zero-order valence-corrected chi connectivity index (χ0v) is 16.7. The summed E-state index contributed by atoms with van der Waals surface area (Å²) < 4.78 is 28.1. The Morgan fingerprint density at radius 2 is 2.00 bits per heavy atom. The van der Waals surface area contributed by atoms with Gasteiger partial charge in [-0.1, -0.05) is 15.9 Å². The number of aryl methyl sites for hydroxylation is 1. The van der Waals surface area contributed by atoms with Crippen LogP contribution < -0.4 is 5.32 Å². The van der Waals surface area contributed by atoms with Gasteiger partial charge in [0.05, 0.1) is 10.5 Å². The highest BCUT2D eigenvalue weighted by Crippen LogP contribution is 2.24. The molecule has 6 nitrogen and oxygen atoms in total. The monoisotopic (exact) mass is 434 g/mol. The quantitative estimate of drug-likeness (QED) is 0.797. The van der Waals surface area contributed by atoms with Crippen LogP contribution in [0.15, 0.2) is 45.8 Å². The number of nitrogens with one attached hydrogen (secondary N) is 1. The first-order valence-corrected chi connectivity index (χ1v) is 10.5. The van der Waals surface area contributed by atoms with Crippen molar-refractivity contribution in [2.75, 3.05) is 18.4 Å². The van der Waals surface area contributed by atoms with Crippen LogP contribution in [-0.4, -0.2) is 36.8 Å². The summed E-state index contributed by atoms with van der Waals surface area (Å²) in [6.07, 6.45) is 1.58. The van der Waals surface area contributed by atoms with Crippen LogP contribution in [0.1, 0.15) is 24.1 Å². The fourth-order valence-electron chi connectivity index (χ4n) is 2.98. The molecule has 0 bridgehead atoms. The Morgan fingerprint density at radius 3 is 2.69 bits per heavy atom. The van der Waals surface area contributed by atoms with Crippen molar-refractivity contribution >= 4 is 31.8 Å². The molecule has 8 heteroatoms. The van der Waals surface area contributed by atoms with Gasteiger partial charge in [0.25, 0.3) is 0 Å². The van der Waals surface area contributed by atoms with Crippen LogP contribution in [0.3, 0.4) is 0 Å². The summed E-state index contributed by atoms with van der Waals surface area (Å²) in [5, 5.41) is 12.5. The number of aromatic nitrogens is 1. The number of rotatable bonds is 4. The molecular weight excluding hydrogens is 416 g/mol. The first kappa shape index (κ1) is 18.8. The molecule has 1 aromatic heterocycles. The lowest BCUT2D eigenvalue weighted by molar-refractivity contribution is 0.326. The maximum Gasteiger partial charge on any atom is 0.243 e. The van der Waals surface area contributed by atoms with Crippen LogP contribution >= 0.6 is 15.9 Å². The number of anilines is 1. The van der Waals surface area contributed by atoms with Crippen LogP contribution in [0.5, 0.6) is 0 Å². The van der Waals surface area contributed by atoms with Crippen LogP contribution in [-0.2, 0) is 10.0 Å². The van der Waals surface area contributed by atoms with Gasteiger partial charge in [-0.3, -0.25) is 0 Å². The highest BCUT2D eigenvalue weighted by atomic mass is 79.9. The SMILES string of the molecule is Cc1ccc(C#N)c(NC2CCCN(S(=O)(=O)c3ccc(Br)cc3)C2)n1. The number of hydrogen-bond acceptors (Lipinski definition) is 5. The number of nitriles is 1. The molecule has 136 valence electrons. The maximum absolute atomic E-state index is 12.9. The molecule has 1 aliphatic heterocycles. The van der Waals surface area contributed by atoms with E-state index in [0.717, 1.165) is 23.0 Å². The molecule has 26 heavy (non-hydrogen) atoms. The average Bonchev–Trinajstić information content (AvgIpc) is 2.62. The van der Waals surface area contributed by atoms with Crippen LogP contribution in [0.25, 0.3) is 0 Å². The second-order valence-corrected chi connectivity index (χ2v) is 9.11. The molecule has 2 aromatic rings. The lowest BCUT2D eigenvalue weighted by Crippen LogP contribution is -2.45. The second-order valence-electron chi connectivity index (χ2n) is 6.26.